The van der Waals surface area contributed by atoms with E-state index in [0.717, 1.165) is 66.2 Å². The highest BCUT2D eigenvalue weighted by Gasteiger charge is 2.45. The molecule has 2 heterocycles. The van der Waals surface area contributed by atoms with Crippen LogP contribution in [0.5, 0.6) is 5.75 Å². The number of methoxy groups -OCH3 is 1. The number of hydrogen-bond donors (Lipinski definition) is 2. The van der Waals surface area contributed by atoms with Gasteiger partial charge in [-0.3, -0.25) is 0 Å². The minimum atomic E-state index is -2.36. The molecule has 406 valence electrons. The first kappa shape index (κ1) is 65.2. The molecule has 2 aromatic carbocycles. The zero-order valence-corrected chi connectivity index (χ0v) is 56.7. The lowest BCUT2D eigenvalue weighted by atomic mass is 10.3. The molecule has 3 N–H and O–H groups in total. The highest BCUT2D eigenvalue weighted by atomic mass is 28.5. The number of nitrogens with zero attached hydrogens (tertiary/aromatic N) is 8. The summed E-state index contributed by atoms with van der Waals surface area (Å²) in [6, 6.07) is 17.4. The monoisotopic (exact) mass is 1140 g/mol. The van der Waals surface area contributed by atoms with Crippen molar-refractivity contribution in [2.75, 3.05) is 25.5 Å². The van der Waals surface area contributed by atoms with Crippen LogP contribution in [-0.2, 0) is 52.9 Å². The van der Waals surface area contributed by atoms with Crippen LogP contribution in [0.2, 0.25) is 130 Å². The molecule has 2 aromatic heterocycles. The van der Waals surface area contributed by atoms with Crippen LogP contribution in [0.4, 0.5) is 29.0 Å². The number of rotatable bonds is 25. The number of hydrogen-bond acceptors (Lipinski definition) is 13. The summed E-state index contributed by atoms with van der Waals surface area (Å²) in [5.41, 5.74) is 8.36. The summed E-state index contributed by atoms with van der Waals surface area (Å²) in [6.45, 7) is 41.3. The third-order valence-corrected chi connectivity index (χ3v) is 36.9. The SMILES string of the molecule is COc1ccc(N=Nc2n(C)cc[n+]2C)cc1.C[Si](C)(C)O[Si](C)(C)O[Si](C)(CCCN)O[Si](C)(C)C.Cn1cc[n+](C)c1N=Nc1ccc(NCCC[Si](C)(O[Si](C)(C)C)O[Si](C)(C)O[Si](C)(C)C)cc1. The van der Waals surface area contributed by atoms with Gasteiger partial charge in [0.25, 0.3) is 0 Å². The molecule has 2 unspecified atom stereocenters. The van der Waals surface area contributed by atoms with Crippen molar-refractivity contribution in [2.45, 2.75) is 143 Å². The lowest BCUT2D eigenvalue weighted by Crippen LogP contribution is -2.56. The lowest BCUT2D eigenvalue weighted by molar-refractivity contribution is -0.657. The maximum absolute atomic E-state index is 6.77. The summed E-state index contributed by atoms with van der Waals surface area (Å²) >= 11 is 0. The summed E-state index contributed by atoms with van der Waals surface area (Å²) in [7, 11) is -6.20. The third kappa shape index (κ3) is 27.1. The Morgan fingerprint density at radius 1 is 0.500 bits per heavy atom. The van der Waals surface area contributed by atoms with Crippen molar-refractivity contribution >= 4 is 96.5 Å². The Morgan fingerprint density at radius 3 is 1.18 bits per heavy atom. The molecule has 4 aromatic rings. The molecule has 0 aliphatic rings. The van der Waals surface area contributed by atoms with E-state index in [-0.39, 0.29) is 0 Å². The Kier molecular flexibility index (Phi) is 25.2. The second-order valence-corrected chi connectivity index (χ2v) is 56.3. The predicted molar refractivity (Wildman–Crippen MR) is 315 cm³/mol. The number of nitrogens with two attached hydrogens (primary N) is 1. The fourth-order valence-electron chi connectivity index (χ4n) is 8.11. The number of benzene rings is 2. The number of aryl methyl sites for hydroxylation is 4. The van der Waals surface area contributed by atoms with Gasteiger partial charge in [0.2, 0.25) is 0 Å². The molecule has 0 spiro atoms. The molecule has 25 heteroatoms. The topological polar surface area (TPSA) is 170 Å². The molecule has 4 rings (SSSR count). The van der Waals surface area contributed by atoms with Gasteiger partial charge in [0.1, 0.15) is 17.1 Å². The number of aromatic nitrogens is 4. The van der Waals surface area contributed by atoms with Gasteiger partial charge in [0, 0.05) is 22.5 Å². The largest absolute Gasteiger partial charge is 0.497 e. The second kappa shape index (κ2) is 27.8. The summed E-state index contributed by atoms with van der Waals surface area (Å²) in [6.07, 6.45) is 9.72. The maximum atomic E-state index is 6.77. The van der Waals surface area contributed by atoms with Crippen molar-refractivity contribution in [2.24, 2.45) is 54.4 Å². The molecule has 2 atom stereocenters. The van der Waals surface area contributed by atoms with Crippen molar-refractivity contribution < 1.29 is 38.6 Å². The molecule has 0 fully saturated rings. The van der Waals surface area contributed by atoms with Gasteiger partial charge in [-0.25, -0.2) is 18.3 Å². The lowest BCUT2D eigenvalue weighted by Gasteiger charge is -2.41. The molecule has 0 radical (unpaired) electrons. The van der Waals surface area contributed by atoms with Crippen LogP contribution < -0.4 is 24.9 Å². The summed E-state index contributed by atoms with van der Waals surface area (Å²) in [5, 5.41) is 20.6. The van der Waals surface area contributed by atoms with E-state index in [2.05, 4.69) is 144 Å². The summed E-state index contributed by atoms with van der Waals surface area (Å²) in [5.74, 6) is 2.40. The smallest absolute Gasteiger partial charge is 0.421 e. The predicted octanol–water partition coefficient (Wildman–Crippen LogP) is 12.7. The van der Waals surface area contributed by atoms with Crippen molar-refractivity contribution in [3.8, 4) is 5.75 Å². The molecular formula is C47H96N10O7Si8+2. The number of ether oxygens (including phenoxy) is 1. The molecule has 0 saturated heterocycles. The van der Waals surface area contributed by atoms with Crippen LogP contribution >= 0.6 is 0 Å². The molecule has 0 amide bonds. The summed E-state index contributed by atoms with van der Waals surface area (Å²) < 4.78 is 52.0. The van der Waals surface area contributed by atoms with Crippen LogP contribution in [0.25, 0.3) is 0 Å². The minimum Gasteiger partial charge on any atom is -0.497 e. The van der Waals surface area contributed by atoms with Gasteiger partial charge in [-0.2, -0.15) is 0 Å². The van der Waals surface area contributed by atoms with Crippen LogP contribution in [0.3, 0.4) is 0 Å². The highest BCUT2D eigenvalue weighted by molar-refractivity contribution is 6.90. The molecule has 72 heavy (non-hydrogen) atoms. The normalized spacial score (nSPS) is 14.6. The number of azo groups is 2. The average Bonchev–Trinajstić information content (AvgIpc) is 3.70. The van der Waals surface area contributed by atoms with E-state index in [4.69, 9.17) is 35.2 Å². The van der Waals surface area contributed by atoms with Crippen LogP contribution in [0, 0.1) is 0 Å². The molecule has 0 saturated carbocycles. The van der Waals surface area contributed by atoms with E-state index < -0.39 is 67.5 Å². The van der Waals surface area contributed by atoms with Crippen LogP contribution in [0.1, 0.15) is 12.8 Å². The fourth-order valence-corrected chi connectivity index (χ4v) is 44.1. The summed E-state index contributed by atoms with van der Waals surface area (Å²) in [4.78, 5) is 0. The van der Waals surface area contributed by atoms with Gasteiger partial charge in [0.15, 0.2) is 33.3 Å². The zero-order chi connectivity index (χ0) is 55.0. The Hall–Kier alpha value is -2.88. The van der Waals surface area contributed by atoms with Crippen molar-refractivity contribution in [3.05, 3.63) is 73.3 Å². The first-order valence-corrected chi connectivity index (χ1v) is 49.4. The first-order chi connectivity index (χ1) is 32.9. The zero-order valence-electron chi connectivity index (χ0n) is 48.7. The molecule has 17 nitrogen and oxygen atoms in total. The maximum Gasteiger partial charge on any atom is 0.421 e. The Balaban J connectivity index is 0.000000405. The molecule has 0 bridgehead atoms. The van der Waals surface area contributed by atoms with Gasteiger partial charge in [-0.1, -0.05) is 10.2 Å². The average molecular weight is 1140 g/mol. The van der Waals surface area contributed by atoms with Gasteiger partial charge >= 0.3 is 46.1 Å². The van der Waals surface area contributed by atoms with Gasteiger partial charge in [-0.05, 0) is 198 Å². The van der Waals surface area contributed by atoms with Gasteiger partial charge < -0.3 is 40.5 Å². The third-order valence-electron chi connectivity index (χ3n) is 9.78. The number of nitrogens with one attached hydrogen (secondary N) is 1. The second-order valence-electron chi connectivity index (χ2n) is 23.3. The van der Waals surface area contributed by atoms with Crippen molar-refractivity contribution in [1.82, 2.24) is 9.13 Å². The van der Waals surface area contributed by atoms with E-state index in [1.54, 1.807) is 7.11 Å². The van der Waals surface area contributed by atoms with Crippen molar-refractivity contribution in [1.29, 1.82) is 0 Å². The molecular weight excluding hydrogens is 1040 g/mol. The molecule has 0 aliphatic carbocycles. The van der Waals surface area contributed by atoms with E-state index >= 15 is 0 Å². The quantitative estimate of drug-likeness (QED) is 0.0284. The minimum absolute atomic E-state index is 0.692. The van der Waals surface area contributed by atoms with Gasteiger partial charge in [0.05, 0.1) is 60.1 Å². The Labute approximate surface area is 443 Å². The highest BCUT2D eigenvalue weighted by Crippen LogP contribution is 2.30. The van der Waals surface area contributed by atoms with Gasteiger partial charge in [-0.15, -0.1) is 0 Å². The van der Waals surface area contributed by atoms with E-state index in [1.165, 1.54) is 0 Å². The van der Waals surface area contributed by atoms with Crippen LogP contribution in [0.15, 0.2) is 93.8 Å². The molecule has 0 aliphatic heterocycles. The van der Waals surface area contributed by atoms with E-state index in [9.17, 15) is 0 Å². The van der Waals surface area contributed by atoms with E-state index in [1.807, 2.05) is 120 Å². The Bertz CT molecular complexity index is 2250. The first-order valence-electron chi connectivity index (χ1n) is 25.1. The van der Waals surface area contributed by atoms with E-state index in [0.29, 0.717) is 6.54 Å². The van der Waals surface area contributed by atoms with Crippen molar-refractivity contribution in [3.63, 3.8) is 0 Å². The van der Waals surface area contributed by atoms with Crippen LogP contribution in [-0.4, -0.2) is 96.8 Å². The standard InChI is InChI=1S/C23H45N5O3Si4.C12H15N4O.C12H35NO3Si4/c1-27-18-19-28(2)23(27)26-25-22-15-13-21(14-16-22)24-17-12-20-35(11,30-33(6,7)8)31-34(9,10)29-32(3,4)5;1-15-8-9-16(2)12(15)14-13-10-4-6-11(17-3)7-5-10;1-17(2,3)14-19(7,8)16-20(9,12-10-11-13)15-18(4,5)6/h13-16,18-19H,12,17,20H2,1-11H3;4-9H,1-3H3;10-13H2,1-9H3/q;+1;/p+1. The Morgan fingerprint density at radius 2 is 0.861 bits per heavy atom. The number of anilines is 1. The fraction of sp³-hybridized carbons (Fsp3) is 0.617. The number of imidazole rings is 2.